The maximum Gasteiger partial charge on any atom is 0.244 e. The number of nitrogens with one attached hydrogen (secondary N) is 1. The lowest BCUT2D eigenvalue weighted by molar-refractivity contribution is -0.116. The minimum atomic E-state index is -0.0817. The summed E-state index contributed by atoms with van der Waals surface area (Å²) in [5, 5.41) is 3.55. The predicted molar refractivity (Wildman–Crippen MR) is 67.3 cm³/mol. The minimum Gasteiger partial charge on any atom is -0.353 e. The summed E-state index contributed by atoms with van der Waals surface area (Å²) in [5.41, 5.74) is 0.975. The lowest BCUT2D eigenvalue weighted by atomic mass is 10.3. The molecule has 0 spiro atoms. The molecule has 1 amide bonds. The average molecular weight is 232 g/mol. The highest BCUT2D eigenvalue weighted by molar-refractivity contribution is 7.19. The molecule has 0 bridgehead atoms. The molecule has 0 aliphatic heterocycles. The van der Waals surface area contributed by atoms with E-state index in [2.05, 4.69) is 10.3 Å². The minimum absolute atomic E-state index is 0.0817. The molecular formula is C12H12N2OS. The van der Waals surface area contributed by atoms with E-state index in [-0.39, 0.29) is 5.91 Å². The number of likely N-dealkylation sites (N-methyl/N-ethyl adjacent to an activating group) is 1. The Balaban J connectivity index is 2.18. The van der Waals surface area contributed by atoms with Gasteiger partial charge in [-0.2, -0.15) is 0 Å². The quantitative estimate of drug-likeness (QED) is 0.826. The Morgan fingerprint density at radius 3 is 3.06 bits per heavy atom. The zero-order chi connectivity index (χ0) is 11.4. The summed E-state index contributed by atoms with van der Waals surface area (Å²) in [6, 6.07) is 7.93. The van der Waals surface area contributed by atoms with Crippen LogP contribution in [0.1, 0.15) is 11.9 Å². The number of benzene rings is 1. The molecule has 0 saturated carbocycles. The Morgan fingerprint density at radius 1 is 1.50 bits per heavy atom. The van der Waals surface area contributed by atoms with Crippen molar-refractivity contribution in [3.63, 3.8) is 0 Å². The van der Waals surface area contributed by atoms with Gasteiger partial charge in [-0.25, -0.2) is 4.98 Å². The van der Waals surface area contributed by atoms with Gasteiger partial charge < -0.3 is 5.32 Å². The number of hydrogen-bond donors (Lipinski definition) is 1. The molecule has 0 aliphatic carbocycles. The summed E-state index contributed by atoms with van der Waals surface area (Å²) >= 11 is 1.58. The Morgan fingerprint density at radius 2 is 2.31 bits per heavy atom. The molecule has 1 heterocycles. The molecule has 3 nitrogen and oxygen atoms in total. The van der Waals surface area contributed by atoms with Crippen molar-refractivity contribution in [1.29, 1.82) is 0 Å². The summed E-state index contributed by atoms with van der Waals surface area (Å²) in [4.78, 5) is 15.6. The van der Waals surface area contributed by atoms with Crippen LogP contribution < -0.4 is 5.32 Å². The smallest absolute Gasteiger partial charge is 0.244 e. The van der Waals surface area contributed by atoms with E-state index in [0.717, 1.165) is 15.2 Å². The first-order chi connectivity index (χ1) is 7.79. The summed E-state index contributed by atoms with van der Waals surface area (Å²) in [7, 11) is 0. The number of para-hydroxylation sites is 1. The molecule has 82 valence electrons. The Bertz CT molecular complexity index is 498. The monoisotopic (exact) mass is 232 g/mol. The van der Waals surface area contributed by atoms with Gasteiger partial charge in [0.25, 0.3) is 0 Å². The predicted octanol–water partition coefficient (Wildman–Crippen LogP) is 2.45. The van der Waals surface area contributed by atoms with Gasteiger partial charge in [-0.15, -0.1) is 11.3 Å². The number of hydrogen-bond acceptors (Lipinski definition) is 3. The van der Waals surface area contributed by atoms with E-state index in [4.69, 9.17) is 0 Å². The molecule has 0 atom stereocenters. The van der Waals surface area contributed by atoms with Gasteiger partial charge in [-0.3, -0.25) is 4.79 Å². The topological polar surface area (TPSA) is 42.0 Å². The molecule has 16 heavy (non-hydrogen) atoms. The number of rotatable bonds is 3. The Hall–Kier alpha value is -1.68. The lowest BCUT2D eigenvalue weighted by Gasteiger charge is -1.92. The molecule has 0 saturated heterocycles. The normalized spacial score (nSPS) is 11.1. The highest BCUT2D eigenvalue weighted by atomic mass is 32.1. The number of fused-ring (bicyclic) bond motifs is 1. The first-order valence-electron chi connectivity index (χ1n) is 5.11. The standard InChI is InChI=1S/C12H12N2OS/c1-2-13-11(15)7-8-12-14-9-5-3-4-6-10(9)16-12/h3-8H,2H2,1H3,(H,13,15)/b8-7+. The first kappa shape index (κ1) is 10.8. The molecule has 0 fully saturated rings. The molecule has 1 aromatic heterocycles. The summed E-state index contributed by atoms with van der Waals surface area (Å²) in [6.45, 7) is 2.53. The van der Waals surface area contributed by atoms with Gasteiger partial charge in [0.2, 0.25) is 5.91 Å². The zero-order valence-corrected chi connectivity index (χ0v) is 9.75. The van der Waals surface area contributed by atoms with Crippen molar-refractivity contribution in [1.82, 2.24) is 10.3 Å². The maximum absolute atomic E-state index is 11.2. The first-order valence-corrected chi connectivity index (χ1v) is 5.92. The molecule has 2 rings (SSSR count). The number of aromatic nitrogens is 1. The zero-order valence-electron chi connectivity index (χ0n) is 8.93. The Kier molecular flexibility index (Phi) is 3.31. The van der Waals surface area contributed by atoms with E-state index in [1.54, 1.807) is 17.4 Å². The third-order valence-corrected chi connectivity index (χ3v) is 3.04. The van der Waals surface area contributed by atoms with Crippen molar-refractivity contribution in [2.45, 2.75) is 6.92 Å². The van der Waals surface area contributed by atoms with Crippen LogP contribution in [0, 0.1) is 0 Å². The SMILES string of the molecule is CCNC(=O)/C=C/c1nc2ccccc2s1. The molecule has 1 N–H and O–H groups in total. The van der Waals surface area contributed by atoms with E-state index in [1.807, 2.05) is 31.2 Å². The van der Waals surface area contributed by atoms with Crippen molar-refractivity contribution in [2.24, 2.45) is 0 Å². The summed E-state index contributed by atoms with van der Waals surface area (Å²) in [6.07, 6.45) is 3.26. The Labute approximate surface area is 97.8 Å². The second kappa shape index (κ2) is 4.90. The van der Waals surface area contributed by atoms with Crippen molar-refractivity contribution < 1.29 is 4.79 Å². The van der Waals surface area contributed by atoms with Crippen LogP contribution in [-0.4, -0.2) is 17.4 Å². The van der Waals surface area contributed by atoms with Crippen LogP contribution in [0.25, 0.3) is 16.3 Å². The third-order valence-electron chi connectivity index (χ3n) is 2.04. The number of amides is 1. The van der Waals surface area contributed by atoms with Crippen molar-refractivity contribution >= 4 is 33.5 Å². The highest BCUT2D eigenvalue weighted by Gasteiger charge is 1.99. The summed E-state index contributed by atoms with van der Waals surface area (Å²) in [5.74, 6) is -0.0817. The van der Waals surface area contributed by atoms with Gasteiger partial charge in [-0.05, 0) is 25.1 Å². The molecule has 2 aromatic rings. The highest BCUT2D eigenvalue weighted by Crippen LogP contribution is 2.22. The van der Waals surface area contributed by atoms with Gasteiger partial charge in [-0.1, -0.05) is 12.1 Å². The van der Waals surface area contributed by atoms with E-state index >= 15 is 0 Å². The second-order valence-electron chi connectivity index (χ2n) is 3.25. The lowest BCUT2D eigenvalue weighted by Crippen LogP contribution is -2.19. The van der Waals surface area contributed by atoms with Crippen molar-refractivity contribution in [3.05, 3.63) is 35.3 Å². The van der Waals surface area contributed by atoms with E-state index in [1.165, 1.54) is 6.08 Å². The van der Waals surface area contributed by atoms with Crippen LogP contribution in [0.2, 0.25) is 0 Å². The van der Waals surface area contributed by atoms with Crippen LogP contribution in [0.15, 0.2) is 30.3 Å². The van der Waals surface area contributed by atoms with E-state index < -0.39 is 0 Å². The van der Waals surface area contributed by atoms with Gasteiger partial charge in [0.15, 0.2) is 0 Å². The fourth-order valence-corrected chi connectivity index (χ4v) is 2.21. The van der Waals surface area contributed by atoms with Crippen LogP contribution in [0.5, 0.6) is 0 Å². The van der Waals surface area contributed by atoms with Crippen molar-refractivity contribution in [2.75, 3.05) is 6.54 Å². The number of nitrogens with zero attached hydrogens (tertiary/aromatic N) is 1. The average Bonchev–Trinajstić information content (AvgIpc) is 2.69. The molecule has 0 aliphatic rings. The van der Waals surface area contributed by atoms with E-state index in [9.17, 15) is 4.79 Å². The van der Waals surface area contributed by atoms with Crippen LogP contribution in [-0.2, 0) is 4.79 Å². The number of carbonyl (C=O) groups excluding carboxylic acids is 1. The largest absolute Gasteiger partial charge is 0.353 e. The molecule has 4 heteroatoms. The van der Waals surface area contributed by atoms with Gasteiger partial charge in [0.05, 0.1) is 10.2 Å². The van der Waals surface area contributed by atoms with Gasteiger partial charge in [0, 0.05) is 12.6 Å². The van der Waals surface area contributed by atoms with Gasteiger partial charge >= 0.3 is 0 Å². The number of carbonyl (C=O) groups is 1. The fraction of sp³-hybridized carbons (Fsp3) is 0.167. The molecule has 0 unspecified atom stereocenters. The molecule has 1 aromatic carbocycles. The summed E-state index contributed by atoms with van der Waals surface area (Å²) < 4.78 is 1.14. The fourth-order valence-electron chi connectivity index (χ4n) is 1.34. The maximum atomic E-state index is 11.2. The van der Waals surface area contributed by atoms with Crippen LogP contribution in [0.3, 0.4) is 0 Å². The third kappa shape index (κ3) is 2.46. The molecular weight excluding hydrogens is 220 g/mol. The molecule has 0 radical (unpaired) electrons. The van der Waals surface area contributed by atoms with Crippen LogP contribution in [0.4, 0.5) is 0 Å². The second-order valence-corrected chi connectivity index (χ2v) is 4.31. The van der Waals surface area contributed by atoms with E-state index in [0.29, 0.717) is 6.54 Å². The van der Waals surface area contributed by atoms with Crippen molar-refractivity contribution in [3.8, 4) is 0 Å². The van der Waals surface area contributed by atoms with Crippen LogP contribution >= 0.6 is 11.3 Å². The van der Waals surface area contributed by atoms with Gasteiger partial charge in [0.1, 0.15) is 5.01 Å². The number of thiazole rings is 1.